The topological polar surface area (TPSA) is 31.5 Å². The van der Waals surface area contributed by atoms with E-state index < -0.39 is 0 Å². The van der Waals surface area contributed by atoms with E-state index in [-0.39, 0.29) is 12.6 Å². The summed E-state index contributed by atoms with van der Waals surface area (Å²) in [4.78, 5) is 0. The molecule has 0 aromatic heterocycles. The summed E-state index contributed by atoms with van der Waals surface area (Å²) in [5.41, 5.74) is 0. The van der Waals surface area contributed by atoms with Crippen molar-refractivity contribution in [1.82, 2.24) is 0 Å². The zero-order valence-corrected chi connectivity index (χ0v) is 3.65. The predicted molar refractivity (Wildman–Crippen MR) is 39.6 cm³/mol. The van der Waals surface area contributed by atoms with Crippen LogP contribution in [0.2, 0.25) is 0 Å². The molecule has 0 spiro atoms. The molecule has 1 nitrogen and oxygen atoms in total. The van der Waals surface area contributed by atoms with Crippen molar-refractivity contribution >= 4 is 0 Å². The van der Waals surface area contributed by atoms with Gasteiger partial charge in [-0.15, -0.1) is 12.8 Å². The van der Waals surface area contributed by atoms with Gasteiger partial charge in [0.25, 0.3) is 0 Å². The first-order valence-corrected chi connectivity index (χ1v) is 1.33. The van der Waals surface area contributed by atoms with E-state index in [1.165, 1.54) is 0 Å². The van der Waals surface area contributed by atoms with Crippen LogP contribution in [0.3, 0.4) is 0 Å². The van der Waals surface area contributed by atoms with Crippen LogP contribution >= 0.6 is 0 Å². The summed E-state index contributed by atoms with van der Waals surface area (Å²) in [5, 5.41) is 0. The Morgan fingerprint density at radius 2 is 1.29 bits per heavy atom. The quantitative estimate of drug-likeness (QED) is 0.402. The molecule has 0 unspecified atom stereocenters. The number of terminal acetylenes is 2. The van der Waals surface area contributed by atoms with Gasteiger partial charge in [-0.2, -0.15) is 0 Å². The lowest BCUT2D eigenvalue weighted by atomic mass is 10.6. The van der Waals surface area contributed by atoms with Gasteiger partial charge in [0.2, 0.25) is 0 Å². The molecule has 0 aromatic carbocycles. The molecule has 0 heterocycles. The standard InChI is InChI=1S/C6H2.H2O.5H2/c1-3-5-6-4-2;;;;;;/h1-2H;1H2;5*1H. The highest BCUT2D eigenvalue weighted by atomic mass is 16.0. The Bertz CT molecular complexity index is 149. The first-order chi connectivity index (χ1) is 2.91. The minimum absolute atomic E-state index is 0. The first kappa shape index (κ1) is 9.16. The Labute approximate surface area is 50.5 Å². The summed E-state index contributed by atoms with van der Waals surface area (Å²) < 4.78 is 0. The maximum Gasteiger partial charge on any atom is 0 e. The van der Waals surface area contributed by atoms with Gasteiger partial charge in [-0.3, -0.25) is 0 Å². The summed E-state index contributed by atoms with van der Waals surface area (Å²) in [5.74, 6) is 8.61. The Hall–Kier alpha value is -1.36. The van der Waals surface area contributed by atoms with Crippen molar-refractivity contribution < 1.29 is 12.6 Å². The maximum absolute atomic E-state index is 4.70. The minimum atomic E-state index is 0. The molecule has 0 bridgehead atoms. The van der Waals surface area contributed by atoms with Crippen LogP contribution in [-0.2, 0) is 0 Å². The average molecular weight is 102 g/mol. The number of hydrogen-bond acceptors (Lipinski definition) is 0. The predicted octanol–water partition coefficient (Wildman–Crippen LogP) is 0.661. The van der Waals surface area contributed by atoms with Crippen molar-refractivity contribution in [1.29, 1.82) is 0 Å². The zero-order chi connectivity index (χ0) is 4.83. The van der Waals surface area contributed by atoms with Crippen LogP contribution < -0.4 is 0 Å². The highest BCUT2D eigenvalue weighted by molar-refractivity contribution is 5.31. The molecule has 0 fully saturated rings. The molecular weight excluding hydrogens is 88.1 g/mol. The van der Waals surface area contributed by atoms with Crippen LogP contribution in [-0.4, -0.2) is 5.48 Å². The summed E-state index contributed by atoms with van der Waals surface area (Å²) in [6.45, 7) is 0. The third-order valence-electron chi connectivity index (χ3n) is 0.207. The van der Waals surface area contributed by atoms with Crippen molar-refractivity contribution in [3.05, 3.63) is 0 Å². The highest BCUT2D eigenvalue weighted by Gasteiger charge is 1.41. The average Bonchev–Trinajstić information content (AvgIpc) is 1.61. The van der Waals surface area contributed by atoms with Crippen molar-refractivity contribution in [2.75, 3.05) is 0 Å². The van der Waals surface area contributed by atoms with E-state index in [1.807, 2.05) is 0 Å². The SMILES string of the molecule is C#CC#CC#C.O.[HH].[HH].[HH].[HH].[HH]. The normalized spacial score (nSPS) is 2.57. The third-order valence-corrected chi connectivity index (χ3v) is 0.207. The van der Waals surface area contributed by atoms with Gasteiger partial charge in [-0.05, 0) is 23.7 Å². The fraction of sp³-hybridized carbons (Fsp3) is 0. The summed E-state index contributed by atoms with van der Waals surface area (Å²) in [6, 6.07) is 0. The fourth-order valence-electron chi connectivity index (χ4n) is 0.0722. The Morgan fingerprint density at radius 3 is 1.43 bits per heavy atom. The molecule has 0 aromatic rings. The molecule has 44 valence electrons. The summed E-state index contributed by atoms with van der Waals surface area (Å²) in [6.07, 6.45) is 9.39. The van der Waals surface area contributed by atoms with Gasteiger partial charge in [0.1, 0.15) is 0 Å². The largest absolute Gasteiger partial charge is 0.412 e. The molecule has 2 N–H and O–H groups in total. The second-order valence-corrected chi connectivity index (χ2v) is 0.539. The Morgan fingerprint density at radius 1 is 1.00 bits per heavy atom. The second kappa shape index (κ2) is 8.82. The lowest BCUT2D eigenvalue weighted by molar-refractivity contribution is 0.824. The van der Waals surface area contributed by atoms with Crippen LogP contribution in [0.15, 0.2) is 0 Å². The minimum Gasteiger partial charge on any atom is -0.412 e. The van der Waals surface area contributed by atoms with Gasteiger partial charge in [-0.25, -0.2) is 0 Å². The molecular formula is C6H14O. The monoisotopic (exact) mass is 102 g/mol. The van der Waals surface area contributed by atoms with E-state index >= 15 is 0 Å². The number of hydrogen-bond donors (Lipinski definition) is 0. The smallest absolute Gasteiger partial charge is 0 e. The van der Waals surface area contributed by atoms with Crippen LogP contribution in [0.4, 0.5) is 0 Å². The molecule has 0 aliphatic carbocycles. The number of rotatable bonds is 0. The highest BCUT2D eigenvalue weighted by Crippen LogP contribution is 1.42. The zero-order valence-electron chi connectivity index (χ0n) is 3.65. The molecule has 0 aliphatic rings. The van der Waals surface area contributed by atoms with E-state index in [4.69, 9.17) is 12.8 Å². The Kier molecular flexibility index (Phi) is 11.5. The molecule has 0 rings (SSSR count). The van der Waals surface area contributed by atoms with Crippen LogP contribution in [0, 0.1) is 36.5 Å². The van der Waals surface area contributed by atoms with Crippen LogP contribution in [0.1, 0.15) is 7.13 Å². The summed E-state index contributed by atoms with van der Waals surface area (Å²) in [7, 11) is 0. The third kappa shape index (κ3) is 12.0. The fourth-order valence-corrected chi connectivity index (χ4v) is 0.0722. The van der Waals surface area contributed by atoms with E-state index in [9.17, 15) is 0 Å². The van der Waals surface area contributed by atoms with Crippen molar-refractivity contribution in [3.63, 3.8) is 0 Å². The van der Waals surface area contributed by atoms with E-state index in [0.717, 1.165) is 0 Å². The molecule has 1 heteroatoms. The molecule has 0 radical (unpaired) electrons. The molecule has 0 saturated heterocycles. The van der Waals surface area contributed by atoms with Crippen molar-refractivity contribution in [2.24, 2.45) is 0 Å². The molecule has 7 heavy (non-hydrogen) atoms. The van der Waals surface area contributed by atoms with Crippen LogP contribution in [0.5, 0.6) is 0 Å². The van der Waals surface area contributed by atoms with Gasteiger partial charge in [0.15, 0.2) is 0 Å². The second-order valence-electron chi connectivity index (χ2n) is 0.539. The van der Waals surface area contributed by atoms with Crippen LogP contribution in [0.25, 0.3) is 0 Å². The Balaban J connectivity index is -0.00000000833. The van der Waals surface area contributed by atoms with E-state index in [0.29, 0.717) is 0 Å². The van der Waals surface area contributed by atoms with Crippen molar-refractivity contribution in [2.45, 2.75) is 0 Å². The van der Waals surface area contributed by atoms with Gasteiger partial charge in [-0.1, -0.05) is 0 Å². The first-order valence-electron chi connectivity index (χ1n) is 1.33. The van der Waals surface area contributed by atoms with Gasteiger partial charge in [0.05, 0.1) is 0 Å². The molecule has 0 aliphatic heterocycles. The van der Waals surface area contributed by atoms with Crippen molar-refractivity contribution in [3.8, 4) is 36.5 Å². The van der Waals surface area contributed by atoms with E-state index in [1.54, 1.807) is 0 Å². The lowest BCUT2D eigenvalue weighted by Crippen LogP contribution is -1.42. The lowest BCUT2D eigenvalue weighted by Gasteiger charge is -1.43. The molecule has 0 atom stereocenters. The van der Waals surface area contributed by atoms with Gasteiger partial charge >= 0.3 is 0 Å². The molecule has 0 amide bonds. The van der Waals surface area contributed by atoms with Gasteiger partial charge in [0, 0.05) is 7.13 Å². The summed E-state index contributed by atoms with van der Waals surface area (Å²) >= 11 is 0. The van der Waals surface area contributed by atoms with E-state index in [2.05, 4.69) is 23.7 Å². The van der Waals surface area contributed by atoms with Gasteiger partial charge < -0.3 is 5.48 Å². The molecule has 0 saturated carbocycles. The maximum atomic E-state index is 4.70.